The van der Waals surface area contributed by atoms with Gasteiger partial charge in [0.2, 0.25) is 0 Å². The Balaban J connectivity index is 3.21. The van der Waals surface area contributed by atoms with E-state index in [4.69, 9.17) is 5.11 Å². The van der Waals surface area contributed by atoms with Crippen LogP contribution in [0.5, 0.6) is 0 Å². The van der Waals surface area contributed by atoms with Crippen LogP contribution in [0.15, 0.2) is 18.2 Å². The fraction of sp³-hybridized carbons (Fsp3) is 0.273. The lowest BCUT2D eigenvalue weighted by atomic mass is 9.98. The number of halogens is 2. The minimum atomic E-state index is -2.83. The van der Waals surface area contributed by atoms with E-state index in [0.29, 0.717) is 6.29 Å². The van der Waals surface area contributed by atoms with Crippen LogP contribution in [-0.2, 0) is 11.2 Å². The number of aryl methyl sites for hydroxylation is 1. The van der Waals surface area contributed by atoms with E-state index < -0.39 is 18.0 Å². The summed E-state index contributed by atoms with van der Waals surface area (Å²) in [7, 11) is 0. The van der Waals surface area contributed by atoms with Gasteiger partial charge in [-0.3, -0.25) is 0 Å². The number of carbonyl (C=O) groups excluding carboxylic acids is 1. The van der Waals surface area contributed by atoms with E-state index in [1.165, 1.54) is 12.1 Å². The van der Waals surface area contributed by atoms with Crippen molar-refractivity contribution in [2.75, 3.05) is 0 Å². The van der Waals surface area contributed by atoms with Gasteiger partial charge in [-0.15, -0.1) is 0 Å². The SMILES string of the molecule is O=CCCc1cccc(C(F)F)c1C(=O)O. The molecule has 1 aromatic rings. The van der Waals surface area contributed by atoms with Crippen molar-refractivity contribution in [2.24, 2.45) is 0 Å². The number of aldehydes is 1. The van der Waals surface area contributed by atoms with Crippen molar-refractivity contribution in [1.29, 1.82) is 0 Å². The molecule has 16 heavy (non-hydrogen) atoms. The predicted octanol–water partition coefficient (Wildman–Crippen LogP) is 2.45. The van der Waals surface area contributed by atoms with Crippen LogP contribution >= 0.6 is 0 Å². The molecule has 0 atom stereocenters. The first-order valence-electron chi connectivity index (χ1n) is 4.64. The Labute approximate surface area is 90.7 Å². The normalized spacial score (nSPS) is 10.4. The van der Waals surface area contributed by atoms with Gasteiger partial charge in [-0.25, -0.2) is 13.6 Å². The van der Waals surface area contributed by atoms with Gasteiger partial charge in [0, 0.05) is 12.0 Å². The number of rotatable bonds is 5. The van der Waals surface area contributed by atoms with Gasteiger partial charge >= 0.3 is 5.97 Å². The summed E-state index contributed by atoms with van der Waals surface area (Å²) in [5.41, 5.74) is -0.632. The molecule has 1 aromatic carbocycles. The summed E-state index contributed by atoms with van der Waals surface area (Å²) in [4.78, 5) is 21.1. The van der Waals surface area contributed by atoms with Crippen molar-refractivity contribution in [1.82, 2.24) is 0 Å². The summed E-state index contributed by atoms with van der Waals surface area (Å²) in [6, 6.07) is 3.89. The minimum Gasteiger partial charge on any atom is -0.478 e. The van der Waals surface area contributed by atoms with Crippen LogP contribution in [0.3, 0.4) is 0 Å². The molecule has 1 rings (SSSR count). The van der Waals surface area contributed by atoms with Gasteiger partial charge in [-0.05, 0) is 12.0 Å². The van der Waals surface area contributed by atoms with Crippen LogP contribution in [0.2, 0.25) is 0 Å². The zero-order valence-corrected chi connectivity index (χ0v) is 8.32. The molecule has 1 N–H and O–H groups in total. The molecule has 5 heteroatoms. The quantitative estimate of drug-likeness (QED) is 0.787. The van der Waals surface area contributed by atoms with Gasteiger partial charge in [-0.1, -0.05) is 18.2 Å². The second kappa shape index (κ2) is 5.34. The van der Waals surface area contributed by atoms with E-state index in [9.17, 15) is 18.4 Å². The zero-order chi connectivity index (χ0) is 12.1. The average Bonchev–Trinajstić information content (AvgIpc) is 2.25. The maximum absolute atomic E-state index is 12.6. The molecule has 0 aliphatic heterocycles. The van der Waals surface area contributed by atoms with E-state index >= 15 is 0 Å². The van der Waals surface area contributed by atoms with Crippen molar-refractivity contribution < 1.29 is 23.5 Å². The standard InChI is InChI=1S/C11H10F2O3/c12-10(13)8-5-1-3-7(4-2-6-14)9(8)11(15)16/h1,3,5-6,10H,2,4H2,(H,15,16). The van der Waals surface area contributed by atoms with Crippen molar-refractivity contribution in [2.45, 2.75) is 19.3 Å². The van der Waals surface area contributed by atoms with Gasteiger partial charge in [0.1, 0.15) is 6.29 Å². The second-order valence-corrected chi connectivity index (χ2v) is 3.19. The summed E-state index contributed by atoms with van der Waals surface area (Å²) in [6.07, 6.45) is -1.93. The first-order valence-corrected chi connectivity index (χ1v) is 4.64. The number of benzene rings is 1. The molecule has 0 unspecified atom stereocenters. The van der Waals surface area contributed by atoms with Crippen molar-refractivity contribution >= 4 is 12.3 Å². The molecule has 0 saturated carbocycles. The molecule has 86 valence electrons. The molecular formula is C11H10F2O3. The molecule has 0 bridgehead atoms. The summed E-state index contributed by atoms with van der Waals surface area (Å²) in [5, 5.41) is 8.87. The molecular weight excluding hydrogens is 218 g/mol. The number of hydrogen-bond donors (Lipinski definition) is 1. The minimum absolute atomic E-state index is 0.118. The fourth-order valence-corrected chi connectivity index (χ4v) is 1.49. The largest absolute Gasteiger partial charge is 0.478 e. The summed E-state index contributed by atoms with van der Waals surface area (Å²) in [5.74, 6) is -1.39. The molecule has 0 spiro atoms. The van der Waals surface area contributed by atoms with Gasteiger partial charge in [0.25, 0.3) is 6.43 Å². The second-order valence-electron chi connectivity index (χ2n) is 3.19. The van der Waals surface area contributed by atoms with E-state index in [-0.39, 0.29) is 24.0 Å². The lowest BCUT2D eigenvalue weighted by Crippen LogP contribution is -2.08. The molecule has 0 aliphatic carbocycles. The highest BCUT2D eigenvalue weighted by atomic mass is 19.3. The summed E-state index contributed by atoms with van der Waals surface area (Å²) >= 11 is 0. The Morgan fingerprint density at radius 3 is 2.62 bits per heavy atom. The third kappa shape index (κ3) is 2.62. The smallest absolute Gasteiger partial charge is 0.336 e. The molecule has 0 heterocycles. The predicted molar refractivity (Wildman–Crippen MR) is 52.7 cm³/mol. The average molecular weight is 228 g/mol. The highest BCUT2D eigenvalue weighted by molar-refractivity contribution is 5.91. The van der Waals surface area contributed by atoms with Gasteiger partial charge in [0.15, 0.2) is 0 Å². The van der Waals surface area contributed by atoms with E-state index in [1.54, 1.807) is 0 Å². The Bertz CT molecular complexity index is 402. The maximum Gasteiger partial charge on any atom is 0.336 e. The number of carboxylic acids is 1. The fourth-order valence-electron chi connectivity index (χ4n) is 1.49. The molecule has 0 radical (unpaired) electrons. The van der Waals surface area contributed by atoms with Crippen LogP contribution in [0, 0.1) is 0 Å². The zero-order valence-electron chi connectivity index (χ0n) is 8.32. The first-order chi connectivity index (χ1) is 7.57. The highest BCUT2D eigenvalue weighted by Crippen LogP contribution is 2.26. The van der Waals surface area contributed by atoms with Crippen LogP contribution in [-0.4, -0.2) is 17.4 Å². The highest BCUT2D eigenvalue weighted by Gasteiger charge is 2.20. The maximum atomic E-state index is 12.6. The van der Waals surface area contributed by atoms with Crippen LogP contribution in [0.1, 0.15) is 34.3 Å². The molecule has 0 amide bonds. The van der Waals surface area contributed by atoms with E-state index in [2.05, 4.69) is 0 Å². The molecule has 0 aromatic heterocycles. The summed E-state index contributed by atoms with van der Waals surface area (Å²) < 4.78 is 25.1. The lowest BCUT2D eigenvalue weighted by molar-refractivity contribution is -0.107. The van der Waals surface area contributed by atoms with Crippen LogP contribution in [0.4, 0.5) is 8.78 Å². The Kier molecular flexibility index (Phi) is 4.10. The molecule has 0 fully saturated rings. The Hall–Kier alpha value is -1.78. The van der Waals surface area contributed by atoms with Gasteiger partial charge in [0.05, 0.1) is 5.56 Å². The monoisotopic (exact) mass is 228 g/mol. The topological polar surface area (TPSA) is 54.4 Å². The van der Waals surface area contributed by atoms with Crippen LogP contribution in [0.25, 0.3) is 0 Å². The lowest BCUT2D eigenvalue weighted by Gasteiger charge is -2.09. The molecule has 0 saturated heterocycles. The van der Waals surface area contributed by atoms with Gasteiger partial charge in [-0.2, -0.15) is 0 Å². The molecule has 3 nitrogen and oxygen atoms in total. The molecule has 0 aliphatic rings. The number of aromatic carboxylic acids is 1. The van der Waals surface area contributed by atoms with E-state index in [1.807, 2.05) is 0 Å². The Morgan fingerprint density at radius 1 is 1.44 bits per heavy atom. The van der Waals surface area contributed by atoms with Crippen molar-refractivity contribution in [3.8, 4) is 0 Å². The number of carbonyl (C=O) groups is 2. The van der Waals surface area contributed by atoms with Gasteiger partial charge < -0.3 is 9.90 Å². The number of alkyl halides is 2. The Morgan fingerprint density at radius 2 is 2.12 bits per heavy atom. The number of hydrogen-bond acceptors (Lipinski definition) is 2. The third-order valence-corrected chi connectivity index (χ3v) is 2.16. The summed E-state index contributed by atoms with van der Waals surface area (Å²) in [6.45, 7) is 0. The van der Waals surface area contributed by atoms with Crippen LogP contribution < -0.4 is 0 Å². The van der Waals surface area contributed by atoms with E-state index in [0.717, 1.165) is 6.07 Å². The number of carboxylic acid groups (broad SMARTS) is 1. The van der Waals surface area contributed by atoms with Crippen molar-refractivity contribution in [3.63, 3.8) is 0 Å². The first kappa shape index (κ1) is 12.3. The third-order valence-electron chi connectivity index (χ3n) is 2.16. The van der Waals surface area contributed by atoms with Crippen molar-refractivity contribution in [3.05, 3.63) is 34.9 Å².